The number of imidazole rings is 1. The Bertz CT molecular complexity index is 2890. The van der Waals surface area contributed by atoms with E-state index in [1.54, 1.807) is 44.2 Å². The Morgan fingerprint density at radius 1 is 0.947 bits per heavy atom. The third kappa shape index (κ3) is 9.46. The molecule has 9 rings (SSSR count). The summed E-state index contributed by atoms with van der Waals surface area (Å²) in [5.74, 6) is -7.33. The van der Waals surface area contributed by atoms with Gasteiger partial charge in [-0.05, 0) is 86.4 Å². The summed E-state index contributed by atoms with van der Waals surface area (Å²) in [5, 5.41) is 27.8. The highest BCUT2D eigenvalue weighted by molar-refractivity contribution is 6.13. The summed E-state index contributed by atoms with van der Waals surface area (Å²) in [4.78, 5) is 111. The molecular weight excluding hydrogens is 973 g/mol. The fourth-order valence-corrected chi connectivity index (χ4v) is 12.9. The van der Waals surface area contributed by atoms with Gasteiger partial charge >= 0.3 is 0 Å². The summed E-state index contributed by atoms with van der Waals surface area (Å²) in [5.41, 5.74) is -3.66. The fraction of sp³-hybridized carbons (Fsp3) is 0.482. The zero-order valence-electron chi connectivity index (χ0n) is 42.1. The van der Waals surface area contributed by atoms with Crippen LogP contribution in [0.15, 0.2) is 97.0 Å². The Balaban J connectivity index is 0.795. The van der Waals surface area contributed by atoms with E-state index >= 15 is 8.78 Å². The average Bonchev–Trinajstić information content (AvgIpc) is 4.16. The first-order valence-corrected chi connectivity index (χ1v) is 25.4. The fourth-order valence-electron chi connectivity index (χ4n) is 12.9. The Morgan fingerprint density at radius 3 is 2.37 bits per heavy atom. The average molecular weight is 1030 g/mol. The van der Waals surface area contributed by atoms with Crippen molar-refractivity contribution in [2.45, 2.75) is 121 Å². The second kappa shape index (κ2) is 20.5. The van der Waals surface area contributed by atoms with Gasteiger partial charge in [0.15, 0.2) is 34.9 Å². The van der Waals surface area contributed by atoms with Crippen LogP contribution in [0.25, 0.3) is 0 Å². The molecule has 4 amide bonds. The van der Waals surface area contributed by atoms with Crippen LogP contribution >= 0.6 is 0 Å². The van der Waals surface area contributed by atoms with E-state index in [4.69, 9.17) is 9.47 Å². The van der Waals surface area contributed by atoms with Gasteiger partial charge in [-0.2, -0.15) is 0 Å². The maximum absolute atomic E-state index is 17.8. The molecule has 0 spiro atoms. The van der Waals surface area contributed by atoms with Gasteiger partial charge in [0.05, 0.1) is 30.5 Å². The number of rotatable bonds is 19. The van der Waals surface area contributed by atoms with Crippen LogP contribution in [-0.2, 0) is 60.7 Å². The van der Waals surface area contributed by atoms with Crippen LogP contribution < -0.4 is 10.6 Å². The summed E-state index contributed by atoms with van der Waals surface area (Å²) in [6, 6.07) is 13.5. The topological polar surface area (TPSA) is 251 Å². The van der Waals surface area contributed by atoms with Gasteiger partial charge in [-0.3, -0.25) is 43.3 Å². The SMILES string of the molecule is C[C@H](CC(=O)[C@H](C)NC(=O)[C@@H](CC(=O)CCN1C(=O)C=CC1=O)Cc1cnc[nH]1)C(=O)Nc1cccc(Cc2ccc([C@@H]3O[C@@H]4C[C@H]5[C@@H]6C[C@H](F)C7=CC(=O)C=C[C@]7(C)[C@@]6(F)[C@@H](O)C[C@]5(C)[C@]4(C(=O)CO)O3)cc2)c1. The number of carbonyl (C=O) groups is 8. The number of Topliss-reactive ketones (excluding diaryl/α,β-unsaturated/α-hetero) is 3. The molecule has 17 nitrogen and oxygen atoms in total. The molecule has 5 N–H and O–H groups in total. The number of ether oxygens (including phenoxy) is 2. The largest absolute Gasteiger partial charge is 0.390 e. The predicted octanol–water partition coefficient (Wildman–Crippen LogP) is 4.82. The number of aromatic nitrogens is 2. The number of nitrogens with zero attached hydrogens (tertiary/aromatic N) is 2. The lowest BCUT2D eigenvalue weighted by Gasteiger charge is -2.63. The Morgan fingerprint density at radius 2 is 1.68 bits per heavy atom. The number of aliphatic hydroxyl groups excluding tert-OH is 2. The molecule has 0 unspecified atom stereocenters. The van der Waals surface area contributed by atoms with E-state index in [0.717, 1.165) is 34.3 Å². The number of fused-ring (bicyclic) bond motifs is 7. The molecule has 0 radical (unpaired) electrons. The number of alkyl halides is 2. The lowest BCUT2D eigenvalue weighted by molar-refractivity contribution is -0.235. The minimum atomic E-state index is -2.37. The predicted molar refractivity (Wildman–Crippen MR) is 264 cm³/mol. The van der Waals surface area contributed by atoms with Gasteiger partial charge in [-0.15, -0.1) is 0 Å². The van der Waals surface area contributed by atoms with Crippen LogP contribution in [0.2, 0.25) is 0 Å². The van der Waals surface area contributed by atoms with Gasteiger partial charge < -0.3 is 35.3 Å². The quantitative estimate of drug-likeness (QED) is 0.101. The number of nitrogens with one attached hydrogen (secondary N) is 3. The molecule has 1 aromatic heterocycles. The van der Waals surface area contributed by atoms with E-state index < -0.39 is 124 Å². The van der Waals surface area contributed by atoms with Gasteiger partial charge in [0.1, 0.15) is 18.6 Å². The van der Waals surface area contributed by atoms with Crippen molar-refractivity contribution < 1.29 is 66.8 Å². The number of imide groups is 1. The normalized spacial score (nSPS) is 31.7. The molecule has 396 valence electrons. The summed E-state index contributed by atoms with van der Waals surface area (Å²) in [6.45, 7) is 5.32. The molecule has 3 saturated carbocycles. The smallest absolute Gasteiger partial charge is 0.253 e. The van der Waals surface area contributed by atoms with Gasteiger partial charge in [0, 0.05) is 90.2 Å². The van der Waals surface area contributed by atoms with E-state index in [0.29, 0.717) is 23.4 Å². The van der Waals surface area contributed by atoms with E-state index in [2.05, 4.69) is 20.6 Å². The number of hydrogen-bond acceptors (Lipinski definition) is 13. The van der Waals surface area contributed by atoms with Crippen molar-refractivity contribution in [2.75, 3.05) is 18.5 Å². The highest BCUT2D eigenvalue weighted by Gasteiger charge is 2.80. The number of allylic oxidation sites excluding steroid dienone is 4. The van der Waals surface area contributed by atoms with Gasteiger partial charge in [0.25, 0.3) is 11.8 Å². The summed E-state index contributed by atoms with van der Waals surface area (Å²) < 4.78 is 47.0. The Labute approximate surface area is 431 Å². The minimum absolute atomic E-state index is 0.00728. The zero-order chi connectivity index (χ0) is 53.8. The van der Waals surface area contributed by atoms with Crippen LogP contribution in [0.1, 0.15) is 94.9 Å². The van der Waals surface area contributed by atoms with Crippen molar-refractivity contribution in [1.82, 2.24) is 20.2 Å². The summed E-state index contributed by atoms with van der Waals surface area (Å²) >= 11 is 0. The number of anilines is 1. The monoisotopic (exact) mass is 1030 g/mol. The Hall–Kier alpha value is -6.67. The van der Waals surface area contributed by atoms with Gasteiger partial charge in [-0.25, -0.2) is 13.8 Å². The number of ketones is 4. The third-order valence-electron chi connectivity index (χ3n) is 17.0. The van der Waals surface area contributed by atoms with Gasteiger partial charge in [0.2, 0.25) is 11.8 Å². The Kier molecular flexibility index (Phi) is 14.5. The molecule has 2 aromatic carbocycles. The minimum Gasteiger partial charge on any atom is -0.390 e. The number of aromatic amines is 1. The maximum Gasteiger partial charge on any atom is 0.253 e. The van der Waals surface area contributed by atoms with Crippen molar-refractivity contribution in [2.24, 2.45) is 34.5 Å². The van der Waals surface area contributed by atoms with Gasteiger partial charge in [-0.1, -0.05) is 56.3 Å². The lowest BCUT2D eigenvalue weighted by Crippen LogP contribution is -2.70. The van der Waals surface area contributed by atoms with Crippen molar-refractivity contribution in [3.8, 4) is 0 Å². The van der Waals surface area contributed by atoms with Crippen molar-refractivity contribution in [1.29, 1.82) is 0 Å². The number of aliphatic hydroxyl groups is 2. The number of halogens is 2. The number of carbonyl (C=O) groups excluding carboxylic acids is 8. The first-order chi connectivity index (χ1) is 35.6. The van der Waals surface area contributed by atoms with E-state index in [1.807, 2.05) is 18.2 Å². The lowest BCUT2D eigenvalue weighted by atomic mass is 9.44. The van der Waals surface area contributed by atoms with E-state index in [-0.39, 0.29) is 62.8 Å². The summed E-state index contributed by atoms with van der Waals surface area (Å²) in [6.07, 6.45) is 3.11. The number of H-pyrrole nitrogens is 1. The molecule has 75 heavy (non-hydrogen) atoms. The highest BCUT2D eigenvalue weighted by Crippen LogP contribution is 2.72. The number of benzene rings is 2. The molecule has 4 aliphatic carbocycles. The van der Waals surface area contributed by atoms with Crippen LogP contribution in [-0.4, -0.2) is 121 Å². The second-order valence-electron chi connectivity index (χ2n) is 21.5. The standard InChI is InChI=1S/C56H61F2N5O12/c1-30(18-44(67)31(2)61-51(73)35(21-37-27-59-29-60-37)22-39(66)15-17-63-48(70)12-13-49(63)71)50(72)62-36-7-5-6-33(20-36)19-32-8-10-34(11-9-32)52-74-47-25-40-41-24-43(57)42-23-38(65)14-16-53(42,3)55(41,58)45(68)26-54(40,4)56(47,75-52)46(69)28-64/h5-14,16,20,23,27,29-31,35,40-41,43,45,47,52,64,68H,15,17-19,21-22,24-26,28H2,1-4H3,(H,59,60)(H,61,73)(H,62,72)/t30-,31+,35-,40+,41+,43+,45+,47-,52-,53+,54+,55+,56-/m1/s1. The molecule has 13 atom stereocenters. The van der Waals surface area contributed by atoms with Crippen LogP contribution in [0, 0.1) is 34.5 Å². The maximum atomic E-state index is 17.8. The van der Waals surface area contributed by atoms with Crippen molar-refractivity contribution in [3.63, 3.8) is 0 Å². The number of hydrogen-bond donors (Lipinski definition) is 5. The first kappa shape index (κ1) is 53.2. The molecule has 4 fully saturated rings. The molecule has 19 heteroatoms. The zero-order valence-corrected chi connectivity index (χ0v) is 42.1. The second-order valence-corrected chi connectivity index (χ2v) is 21.5. The molecule has 0 bridgehead atoms. The van der Waals surface area contributed by atoms with Crippen LogP contribution in [0.3, 0.4) is 0 Å². The number of amides is 4. The van der Waals surface area contributed by atoms with Crippen molar-refractivity contribution in [3.05, 3.63) is 119 Å². The first-order valence-electron chi connectivity index (χ1n) is 25.4. The van der Waals surface area contributed by atoms with Crippen LogP contribution in [0.4, 0.5) is 14.5 Å². The molecular formula is C56H61F2N5O12. The molecule has 6 aliphatic rings. The van der Waals surface area contributed by atoms with E-state index in [1.165, 1.54) is 38.5 Å². The molecule has 2 aliphatic heterocycles. The van der Waals surface area contributed by atoms with E-state index in [9.17, 15) is 48.6 Å². The van der Waals surface area contributed by atoms with Crippen molar-refractivity contribution >= 4 is 52.4 Å². The summed E-state index contributed by atoms with van der Waals surface area (Å²) in [7, 11) is 0. The third-order valence-corrected chi connectivity index (χ3v) is 17.0. The molecule has 3 heterocycles. The van der Waals surface area contributed by atoms with Crippen LogP contribution in [0.5, 0.6) is 0 Å². The molecule has 3 aromatic rings. The highest BCUT2D eigenvalue weighted by atomic mass is 19.1. The molecule has 1 saturated heterocycles.